The number of hydrogen-bond donors (Lipinski definition) is 0. The molecule has 3 nitrogen and oxygen atoms in total. The molecular weight excluding hydrogens is 415 g/mol. The molecule has 2 aromatic rings. The second-order valence-corrected chi connectivity index (χ2v) is 6.97. The average Bonchev–Trinajstić information content (AvgIpc) is 2.77. The van der Waals surface area contributed by atoms with E-state index in [0.717, 1.165) is 14.3 Å². The lowest BCUT2D eigenvalue weighted by atomic mass is 10.1. The quantitative estimate of drug-likeness (QED) is 0.671. The molecule has 1 aromatic carbocycles. The van der Waals surface area contributed by atoms with E-state index in [1.165, 1.54) is 31.6 Å². The number of carbonyl (C=O) groups is 1. The fraction of sp³-hybridized carbons (Fsp3) is 0.154. The van der Waals surface area contributed by atoms with E-state index in [4.69, 9.17) is 9.47 Å². The molecule has 0 unspecified atom stereocenters. The van der Waals surface area contributed by atoms with Crippen molar-refractivity contribution in [3.63, 3.8) is 0 Å². The van der Waals surface area contributed by atoms with Crippen molar-refractivity contribution in [3.05, 3.63) is 42.7 Å². The summed E-state index contributed by atoms with van der Waals surface area (Å²) in [5.74, 6) is -0.491. The molecule has 0 saturated heterocycles. The van der Waals surface area contributed by atoms with Gasteiger partial charge in [0.15, 0.2) is 11.5 Å². The van der Waals surface area contributed by atoms with Gasteiger partial charge < -0.3 is 9.47 Å². The van der Waals surface area contributed by atoms with Crippen molar-refractivity contribution in [2.75, 3.05) is 14.2 Å². The van der Waals surface area contributed by atoms with Gasteiger partial charge in [-0.2, -0.15) is 0 Å². The van der Waals surface area contributed by atoms with Gasteiger partial charge >= 0.3 is 0 Å². The molecule has 0 fully saturated rings. The maximum atomic E-state index is 14.0. The van der Waals surface area contributed by atoms with Crippen molar-refractivity contribution in [3.8, 4) is 11.5 Å². The van der Waals surface area contributed by atoms with Gasteiger partial charge in [-0.1, -0.05) is 0 Å². The highest BCUT2D eigenvalue weighted by atomic mass is 79.9. The van der Waals surface area contributed by atoms with Crippen LogP contribution in [0.4, 0.5) is 4.39 Å². The zero-order valence-electron chi connectivity index (χ0n) is 10.5. The number of methoxy groups -OCH3 is 2. The SMILES string of the molecule is COc1cc(F)c(C(=O)c2cc(Br)c(Br)s2)cc1OC. The molecule has 106 valence electrons. The van der Waals surface area contributed by atoms with Crippen LogP contribution < -0.4 is 9.47 Å². The van der Waals surface area contributed by atoms with Crippen molar-refractivity contribution in [2.45, 2.75) is 0 Å². The molecule has 0 atom stereocenters. The smallest absolute Gasteiger partial charge is 0.206 e. The lowest BCUT2D eigenvalue weighted by Crippen LogP contribution is -2.04. The van der Waals surface area contributed by atoms with Crippen LogP contribution in [0, 0.1) is 5.82 Å². The molecule has 0 bridgehead atoms. The predicted octanol–water partition coefficient (Wildman–Crippen LogP) is 4.66. The fourth-order valence-electron chi connectivity index (χ4n) is 1.62. The van der Waals surface area contributed by atoms with E-state index in [9.17, 15) is 9.18 Å². The second-order valence-electron chi connectivity index (χ2n) is 3.75. The molecule has 0 spiro atoms. The molecule has 2 rings (SSSR count). The van der Waals surface area contributed by atoms with E-state index in [1.54, 1.807) is 6.07 Å². The Hall–Kier alpha value is -0.920. The number of hydrogen-bond acceptors (Lipinski definition) is 4. The van der Waals surface area contributed by atoms with Gasteiger partial charge in [-0.25, -0.2) is 4.39 Å². The molecule has 0 aliphatic rings. The van der Waals surface area contributed by atoms with Gasteiger partial charge in [0.25, 0.3) is 0 Å². The molecule has 0 N–H and O–H groups in total. The molecule has 0 aliphatic heterocycles. The van der Waals surface area contributed by atoms with Crippen LogP contribution in [0.1, 0.15) is 15.2 Å². The summed E-state index contributed by atoms with van der Waals surface area (Å²) in [4.78, 5) is 12.8. The van der Waals surface area contributed by atoms with Crippen LogP contribution in [-0.4, -0.2) is 20.0 Å². The van der Waals surface area contributed by atoms with Crippen LogP contribution in [0.2, 0.25) is 0 Å². The summed E-state index contributed by atoms with van der Waals surface area (Å²) in [5.41, 5.74) is -0.0519. The van der Waals surface area contributed by atoms with Gasteiger partial charge in [0.1, 0.15) is 5.82 Å². The molecule has 0 saturated carbocycles. The van der Waals surface area contributed by atoms with Crippen LogP contribution >= 0.6 is 43.2 Å². The lowest BCUT2D eigenvalue weighted by Gasteiger charge is -2.09. The van der Waals surface area contributed by atoms with Crippen molar-refractivity contribution >= 4 is 49.0 Å². The number of carbonyl (C=O) groups excluding carboxylic acids is 1. The Morgan fingerprint density at radius 3 is 2.25 bits per heavy atom. The molecule has 7 heteroatoms. The fourth-order valence-corrected chi connectivity index (χ4v) is 3.61. The third kappa shape index (κ3) is 2.89. The van der Waals surface area contributed by atoms with E-state index in [1.807, 2.05) is 0 Å². The zero-order chi connectivity index (χ0) is 14.9. The standard InChI is InChI=1S/C13H9Br2FO3S/c1-18-9-3-6(8(16)5-10(9)19-2)12(17)11-4-7(14)13(15)20-11/h3-5H,1-2H3. The second kappa shape index (κ2) is 6.24. The predicted molar refractivity (Wildman–Crippen MR) is 82.7 cm³/mol. The Morgan fingerprint density at radius 1 is 1.15 bits per heavy atom. The number of benzene rings is 1. The normalized spacial score (nSPS) is 10.4. The lowest BCUT2D eigenvalue weighted by molar-refractivity contribution is 0.103. The first kappa shape index (κ1) is 15.5. The first-order valence-electron chi connectivity index (χ1n) is 5.39. The van der Waals surface area contributed by atoms with E-state index in [-0.39, 0.29) is 11.3 Å². The van der Waals surface area contributed by atoms with Crippen molar-refractivity contribution in [2.24, 2.45) is 0 Å². The first-order valence-corrected chi connectivity index (χ1v) is 7.79. The van der Waals surface area contributed by atoms with Crippen LogP contribution in [0.3, 0.4) is 0 Å². The van der Waals surface area contributed by atoms with Gasteiger partial charge in [-0.05, 0) is 44.0 Å². The molecule has 0 radical (unpaired) electrons. The molecular formula is C13H9Br2FO3S. The number of ether oxygens (including phenoxy) is 2. The Labute approximate surface area is 136 Å². The van der Waals surface area contributed by atoms with Gasteiger partial charge in [-0.15, -0.1) is 11.3 Å². The molecule has 1 heterocycles. The van der Waals surface area contributed by atoms with Gasteiger partial charge in [0.05, 0.1) is 28.4 Å². The monoisotopic (exact) mass is 422 g/mol. The minimum atomic E-state index is -0.645. The summed E-state index contributed by atoms with van der Waals surface area (Å²) in [6.07, 6.45) is 0. The van der Waals surface area contributed by atoms with Crippen LogP contribution in [-0.2, 0) is 0 Å². The minimum Gasteiger partial charge on any atom is -0.493 e. The molecule has 0 amide bonds. The molecule has 0 aliphatic carbocycles. The van der Waals surface area contributed by atoms with E-state index in [0.29, 0.717) is 10.6 Å². The summed E-state index contributed by atoms with van der Waals surface area (Å²) >= 11 is 7.84. The van der Waals surface area contributed by atoms with Gasteiger partial charge in [-0.3, -0.25) is 4.79 Å². The largest absolute Gasteiger partial charge is 0.493 e. The molecule has 1 aromatic heterocycles. The average molecular weight is 424 g/mol. The Balaban J connectivity index is 2.49. The third-order valence-electron chi connectivity index (χ3n) is 2.59. The van der Waals surface area contributed by atoms with Crippen LogP contribution in [0.15, 0.2) is 26.5 Å². The summed E-state index contributed by atoms with van der Waals surface area (Å²) in [5, 5.41) is 0. The van der Waals surface area contributed by atoms with Crippen molar-refractivity contribution in [1.29, 1.82) is 0 Å². The highest BCUT2D eigenvalue weighted by Gasteiger charge is 2.20. The number of ketones is 1. The van der Waals surface area contributed by atoms with Gasteiger partial charge in [0, 0.05) is 10.5 Å². The summed E-state index contributed by atoms with van der Waals surface area (Å²) in [7, 11) is 2.84. The van der Waals surface area contributed by atoms with E-state index >= 15 is 0 Å². The number of halogens is 3. The maximum Gasteiger partial charge on any atom is 0.206 e. The van der Waals surface area contributed by atoms with Crippen molar-refractivity contribution in [1.82, 2.24) is 0 Å². The summed E-state index contributed by atoms with van der Waals surface area (Å²) < 4.78 is 25.6. The Bertz CT molecular complexity index is 650. The third-order valence-corrected chi connectivity index (χ3v) is 5.84. The van der Waals surface area contributed by atoms with Crippen molar-refractivity contribution < 1.29 is 18.7 Å². The van der Waals surface area contributed by atoms with Crippen LogP contribution in [0.25, 0.3) is 0 Å². The number of thiophene rings is 1. The van der Waals surface area contributed by atoms with E-state index < -0.39 is 11.6 Å². The van der Waals surface area contributed by atoms with Crippen LogP contribution in [0.5, 0.6) is 11.5 Å². The molecule has 20 heavy (non-hydrogen) atoms. The zero-order valence-corrected chi connectivity index (χ0v) is 14.5. The number of rotatable bonds is 4. The topological polar surface area (TPSA) is 35.5 Å². The summed E-state index contributed by atoms with van der Waals surface area (Å²) in [6.45, 7) is 0. The van der Waals surface area contributed by atoms with Gasteiger partial charge in [0.2, 0.25) is 5.78 Å². The first-order chi connectivity index (χ1) is 9.47. The summed E-state index contributed by atoms with van der Waals surface area (Å²) in [6, 6.07) is 4.13. The van der Waals surface area contributed by atoms with E-state index in [2.05, 4.69) is 31.9 Å². The highest BCUT2D eigenvalue weighted by molar-refractivity contribution is 9.13. The minimum absolute atomic E-state index is 0.0519. The Morgan fingerprint density at radius 2 is 1.75 bits per heavy atom. The Kier molecular flexibility index (Phi) is 4.82. The highest BCUT2D eigenvalue weighted by Crippen LogP contribution is 2.35. The maximum absolute atomic E-state index is 14.0.